The van der Waals surface area contributed by atoms with Crippen molar-refractivity contribution in [1.29, 1.82) is 0 Å². The molecular weight excluding hydrogens is 199 g/mol. The summed E-state index contributed by atoms with van der Waals surface area (Å²) in [5, 5.41) is 9.11. The van der Waals surface area contributed by atoms with Crippen molar-refractivity contribution in [2.75, 3.05) is 0 Å². The molecule has 0 aromatic heterocycles. The number of hydrogen-bond acceptors (Lipinski definition) is 3. The molecule has 0 radical (unpaired) electrons. The number of carbonyl (C=O) groups excluding carboxylic acids is 2. The molecule has 0 bridgehead atoms. The number of phenols is 1. The lowest BCUT2D eigenvalue weighted by molar-refractivity contribution is -0.107. The van der Waals surface area contributed by atoms with Gasteiger partial charge >= 0.3 is 0 Å². The lowest BCUT2D eigenvalue weighted by Crippen LogP contribution is -1.87. The second-order valence-corrected chi connectivity index (χ2v) is 2.86. The molecule has 3 nitrogen and oxygen atoms in total. The van der Waals surface area contributed by atoms with Crippen molar-refractivity contribution in [2.45, 2.75) is 6.42 Å². The van der Waals surface area contributed by atoms with E-state index in [0.29, 0.717) is 18.1 Å². The number of carbonyl (C=O) groups is 2. The normalized spacial score (nSPS) is 10.5. The maximum atomic E-state index is 13.0. The third-order valence-electron chi connectivity index (χ3n) is 1.78. The van der Waals surface area contributed by atoms with E-state index >= 15 is 0 Å². The zero-order valence-corrected chi connectivity index (χ0v) is 7.81. The topological polar surface area (TPSA) is 54.4 Å². The third-order valence-corrected chi connectivity index (χ3v) is 1.78. The van der Waals surface area contributed by atoms with Crippen LogP contribution in [0.25, 0.3) is 6.08 Å². The molecular formula is C11H9FO3. The van der Waals surface area contributed by atoms with Crippen LogP contribution < -0.4 is 0 Å². The summed E-state index contributed by atoms with van der Waals surface area (Å²) in [5.74, 6) is -1.51. The minimum atomic E-state index is -0.856. The summed E-state index contributed by atoms with van der Waals surface area (Å²) >= 11 is 0. The summed E-state index contributed by atoms with van der Waals surface area (Å²) in [6.45, 7) is 0. The molecule has 1 aromatic rings. The average Bonchev–Trinajstić information content (AvgIpc) is 2.23. The lowest BCUT2D eigenvalue weighted by atomic mass is 10.1. The van der Waals surface area contributed by atoms with Gasteiger partial charge in [0.1, 0.15) is 6.29 Å². The fourth-order valence-electron chi connectivity index (χ4n) is 1.09. The molecule has 4 heteroatoms. The molecule has 78 valence electrons. The first-order valence-electron chi connectivity index (χ1n) is 4.27. The van der Waals surface area contributed by atoms with E-state index in [1.807, 2.05) is 0 Å². The van der Waals surface area contributed by atoms with Crippen molar-refractivity contribution in [3.63, 3.8) is 0 Å². The highest BCUT2D eigenvalue weighted by atomic mass is 19.1. The van der Waals surface area contributed by atoms with Crippen molar-refractivity contribution in [3.8, 4) is 5.75 Å². The van der Waals surface area contributed by atoms with Crippen molar-refractivity contribution in [3.05, 3.63) is 35.2 Å². The van der Waals surface area contributed by atoms with Crippen LogP contribution in [0.3, 0.4) is 0 Å². The highest BCUT2D eigenvalue weighted by molar-refractivity contribution is 5.80. The van der Waals surface area contributed by atoms with Crippen molar-refractivity contribution in [2.24, 2.45) is 0 Å². The standard InChI is InChI=1S/C11H9FO3/c12-10-6-8(3-1-2-4-13)5-9(7-14)11(10)15/h1,3-7,15H,2H2. The molecule has 0 amide bonds. The van der Waals surface area contributed by atoms with Crippen LogP contribution in [0.15, 0.2) is 18.2 Å². The van der Waals surface area contributed by atoms with Crippen LogP contribution in [0.2, 0.25) is 0 Å². The van der Waals surface area contributed by atoms with Gasteiger partial charge in [-0.3, -0.25) is 4.79 Å². The molecule has 0 fully saturated rings. The first-order valence-corrected chi connectivity index (χ1v) is 4.27. The van der Waals surface area contributed by atoms with Crippen LogP contribution in [0.1, 0.15) is 22.3 Å². The second kappa shape index (κ2) is 5.05. The van der Waals surface area contributed by atoms with Crippen LogP contribution in [0.5, 0.6) is 5.75 Å². The molecule has 0 saturated carbocycles. The summed E-state index contributed by atoms with van der Waals surface area (Å²) < 4.78 is 13.0. The van der Waals surface area contributed by atoms with Gasteiger partial charge in [-0.25, -0.2) is 4.39 Å². The fourth-order valence-corrected chi connectivity index (χ4v) is 1.09. The average molecular weight is 208 g/mol. The van der Waals surface area contributed by atoms with Crippen LogP contribution in [0.4, 0.5) is 4.39 Å². The fraction of sp³-hybridized carbons (Fsp3) is 0.0909. The summed E-state index contributed by atoms with van der Waals surface area (Å²) in [6, 6.07) is 2.43. The van der Waals surface area contributed by atoms with Crippen LogP contribution in [-0.2, 0) is 4.79 Å². The molecule has 0 saturated heterocycles. The van der Waals surface area contributed by atoms with Crippen LogP contribution in [0, 0.1) is 5.82 Å². The van der Waals surface area contributed by atoms with Gasteiger partial charge < -0.3 is 9.90 Å². The second-order valence-electron chi connectivity index (χ2n) is 2.86. The van der Waals surface area contributed by atoms with E-state index in [9.17, 15) is 14.0 Å². The Hall–Kier alpha value is -1.97. The molecule has 0 aliphatic carbocycles. The Balaban J connectivity index is 3.05. The minimum absolute atomic E-state index is 0.110. The number of rotatable bonds is 4. The monoisotopic (exact) mass is 208 g/mol. The van der Waals surface area contributed by atoms with Gasteiger partial charge in [0, 0.05) is 6.42 Å². The third kappa shape index (κ3) is 2.74. The molecule has 15 heavy (non-hydrogen) atoms. The van der Waals surface area contributed by atoms with E-state index in [1.54, 1.807) is 0 Å². The van der Waals surface area contributed by atoms with E-state index in [1.165, 1.54) is 18.2 Å². The number of phenolic OH excluding ortho intramolecular Hbond substituents is 1. The quantitative estimate of drug-likeness (QED) is 0.769. The minimum Gasteiger partial charge on any atom is -0.504 e. The number of benzene rings is 1. The summed E-state index contributed by atoms with van der Waals surface area (Å²) in [4.78, 5) is 20.5. The zero-order valence-electron chi connectivity index (χ0n) is 7.81. The van der Waals surface area contributed by atoms with Gasteiger partial charge in [-0.05, 0) is 17.7 Å². The molecule has 0 atom stereocenters. The number of aromatic hydroxyl groups is 1. The van der Waals surface area contributed by atoms with Crippen molar-refractivity contribution < 1.29 is 19.1 Å². The van der Waals surface area contributed by atoms with Gasteiger partial charge in [0.25, 0.3) is 0 Å². The van der Waals surface area contributed by atoms with E-state index < -0.39 is 11.6 Å². The Morgan fingerprint density at radius 1 is 1.33 bits per heavy atom. The number of halogens is 1. The Bertz CT molecular complexity index is 411. The maximum Gasteiger partial charge on any atom is 0.166 e. The van der Waals surface area contributed by atoms with E-state index in [0.717, 1.165) is 6.07 Å². The highest BCUT2D eigenvalue weighted by Gasteiger charge is 2.07. The van der Waals surface area contributed by atoms with Gasteiger partial charge in [-0.2, -0.15) is 0 Å². The largest absolute Gasteiger partial charge is 0.504 e. The molecule has 0 aliphatic heterocycles. The molecule has 0 spiro atoms. The van der Waals surface area contributed by atoms with Crippen molar-refractivity contribution >= 4 is 18.6 Å². The molecule has 0 unspecified atom stereocenters. The number of allylic oxidation sites excluding steroid dienone is 1. The number of aldehydes is 2. The SMILES string of the molecule is O=CCC=Cc1cc(F)c(O)c(C=O)c1. The lowest BCUT2D eigenvalue weighted by Gasteiger charge is -2.00. The molecule has 1 aromatic carbocycles. The zero-order chi connectivity index (χ0) is 11.3. The predicted octanol–water partition coefficient (Wildman–Crippen LogP) is 1.95. The molecule has 0 heterocycles. The van der Waals surface area contributed by atoms with Gasteiger partial charge in [0.15, 0.2) is 17.9 Å². The highest BCUT2D eigenvalue weighted by Crippen LogP contribution is 2.22. The Morgan fingerprint density at radius 2 is 2.07 bits per heavy atom. The Kier molecular flexibility index (Phi) is 3.74. The summed E-state index contributed by atoms with van der Waals surface area (Å²) in [6.07, 6.45) is 4.33. The summed E-state index contributed by atoms with van der Waals surface area (Å²) in [7, 11) is 0. The van der Waals surface area contributed by atoms with Gasteiger partial charge in [-0.15, -0.1) is 0 Å². The van der Waals surface area contributed by atoms with E-state index in [2.05, 4.69) is 0 Å². The Labute approximate surface area is 85.8 Å². The number of hydrogen-bond donors (Lipinski definition) is 1. The van der Waals surface area contributed by atoms with Gasteiger partial charge in [0.2, 0.25) is 0 Å². The van der Waals surface area contributed by atoms with Crippen LogP contribution in [-0.4, -0.2) is 17.7 Å². The van der Waals surface area contributed by atoms with Crippen molar-refractivity contribution in [1.82, 2.24) is 0 Å². The molecule has 1 rings (SSSR count). The van der Waals surface area contributed by atoms with Gasteiger partial charge in [0.05, 0.1) is 5.56 Å². The first kappa shape index (κ1) is 11.1. The van der Waals surface area contributed by atoms with Crippen LogP contribution >= 0.6 is 0 Å². The maximum absolute atomic E-state index is 13.0. The smallest absolute Gasteiger partial charge is 0.166 e. The molecule has 0 aliphatic rings. The summed E-state index contributed by atoms with van der Waals surface area (Å²) in [5.41, 5.74) is 0.315. The van der Waals surface area contributed by atoms with E-state index in [4.69, 9.17) is 5.11 Å². The predicted molar refractivity (Wildman–Crippen MR) is 53.2 cm³/mol. The molecule has 1 N–H and O–H groups in total. The van der Waals surface area contributed by atoms with E-state index in [-0.39, 0.29) is 12.0 Å². The first-order chi connectivity index (χ1) is 7.19. The Morgan fingerprint density at radius 3 is 2.67 bits per heavy atom. The van der Waals surface area contributed by atoms with Gasteiger partial charge in [-0.1, -0.05) is 12.2 Å².